The van der Waals surface area contributed by atoms with Crippen molar-refractivity contribution in [1.29, 1.82) is 0 Å². The van der Waals surface area contributed by atoms with Gasteiger partial charge in [-0.25, -0.2) is 13.6 Å². The molecule has 0 atom stereocenters. The first-order chi connectivity index (χ1) is 13.8. The summed E-state index contributed by atoms with van der Waals surface area (Å²) in [6, 6.07) is 5.15. The van der Waals surface area contributed by atoms with Crippen molar-refractivity contribution in [3.8, 4) is 10.6 Å². The maximum Gasteiger partial charge on any atom is 0.407 e. The van der Waals surface area contributed by atoms with Crippen LogP contribution >= 0.6 is 11.3 Å². The van der Waals surface area contributed by atoms with Crippen LogP contribution in [0.1, 0.15) is 23.3 Å². The van der Waals surface area contributed by atoms with Crippen molar-refractivity contribution in [3.05, 3.63) is 29.3 Å². The third-order valence-electron chi connectivity index (χ3n) is 4.72. The number of nitrogens with one attached hydrogen (secondary N) is 1. The second kappa shape index (κ2) is 9.31. The molecule has 0 saturated carbocycles. The number of halogens is 2. The molecule has 0 aromatic carbocycles. The molecule has 2 amide bonds. The number of carbonyl (C=O) groups excluding carboxylic acids is 1. The third kappa shape index (κ3) is 5.97. The van der Waals surface area contributed by atoms with E-state index >= 15 is 0 Å². The van der Waals surface area contributed by atoms with Crippen LogP contribution in [0.15, 0.2) is 28.1 Å². The van der Waals surface area contributed by atoms with E-state index in [4.69, 9.17) is 9.63 Å². The lowest BCUT2D eigenvalue weighted by Crippen LogP contribution is -2.49. The number of nitrogens with zero attached hydrogens (tertiary/aromatic N) is 3. The van der Waals surface area contributed by atoms with Crippen molar-refractivity contribution >= 4 is 23.3 Å². The van der Waals surface area contributed by atoms with Gasteiger partial charge in [0.05, 0.1) is 4.88 Å². The lowest BCUT2D eigenvalue weighted by atomic mass is 10.1. The Bertz CT molecular complexity index is 820. The smallest absolute Gasteiger partial charge is 0.407 e. The van der Waals surface area contributed by atoms with Crippen LogP contribution in [-0.4, -0.2) is 77.3 Å². The number of hydrogen-bond donors (Lipinski definition) is 2. The van der Waals surface area contributed by atoms with Crippen LogP contribution in [0.4, 0.5) is 13.6 Å². The van der Waals surface area contributed by atoms with E-state index < -0.39 is 24.3 Å². The second-order valence-corrected chi connectivity index (χ2v) is 7.72. The summed E-state index contributed by atoms with van der Waals surface area (Å²) in [5, 5.41) is 16.9. The van der Waals surface area contributed by atoms with Crippen LogP contribution < -0.4 is 5.32 Å². The Morgan fingerprint density at radius 3 is 2.69 bits per heavy atom. The minimum Gasteiger partial charge on any atom is -0.465 e. The predicted molar refractivity (Wildman–Crippen MR) is 102 cm³/mol. The molecule has 29 heavy (non-hydrogen) atoms. The molecule has 1 aliphatic heterocycles. The monoisotopic (exact) mass is 428 g/mol. The van der Waals surface area contributed by atoms with E-state index in [2.05, 4.69) is 10.5 Å². The Hall–Kier alpha value is -2.53. The summed E-state index contributed by atoms with van der Waals surface area (Å²) in [5.74, 6) is -3.03. The van der Waals surface area contributed by atoms with E-state index in [1.165, 1.54) is 22.3 Å². The number of piperazine rings is 1. The highest BCUT2D eigenvalue weighted by molar-refractivity contribution is 7.13. The van der Waals surface area contributed by atoms with Gasteiger partial charge in [0.25, 0.3) is 11.8 Å². The number of hydrogen-bond acceptors (Lipinski definition) is 6. The SMILES string of the molecule is O=C(NCCC(F)(F)CCN1CCN(C(=O)O)CC1)c1cc(-c2cccs2)on1. The van der Waals surface area contributed by atoms with Gasteiger partial charge in [-0.15, -0.1) is 11.3 Å². The van der Waals surface area contributed by atoms with Gasteiger partial charge in [0.15, 0.2) is 11.5 Å². The predicted octanol–water partition coefficient (Wildman–Crippen LogP) is 2.84. The molecular formula is C18H22F2N4O4S. The average molecular weight is 428 g/mol. The zero-order chi connectivity index (χ0) is 20.9. The van der Waals surface area contributed by atoms with Crippen molar-refractivity contribution in [1.82, 2.24) is 20.3 Å². The van der Waals surface area contributed by atoms with E-state index in [-0.39, 0.29) is 25.2 Å². The molecule has 0 aliphatic carbocycles. The molecule has 158 valence electrons. The molecule has 0 bridgehead atoms. The standard InChI is InChI=1S/C18H22F2N4O4S/c19-18(20,4-6-23-7-9-24(10-8-23)17(26)27)3-5-21-16(25)13-12-14(28-22-13)15-2-1-11-29-15/h1-2,11-12H,3-10H2,(H,21,25)(H,26,27). The number of carboxylic acid groups (broad SMARTS) is 1. The van der Waals surface area contributed by atoms with Gasteiger partial charge in [0, 0.05) is 58.2 Å². The van der Waals surface area contributed by atoms with Crippen LogP contribution in [-0.2, 0) is 0 Å². The summed E-state index contributed by atoms with van der Waals surface area (Å²) in [5.41, 5.74) is 0.0491. The number of carbonyl (C=O) groups is 2. The van der Waals surface area contributed by atoms with Crippen LogP contribution in [0.25, 0.3) is 10.6 Å². The summed E-state index contributed by atoms with van der Waals surface area (Å²) in [4.78, 5) is 26.9. The molecular weight excluding hydrogens is 406 g/mol. The average Bonchev–Trinajstić information content (AvgIpc) is 3.38. The highest BCUT2D eigenvalue weighted by Gasteiger charge is 2.30. The van der Waals surface area contributed by atoms with Gasteiger partial charge in [-0.2, -0.15) is 0 Å². The summed E-state index contributed by atoms with van der Waals surface area (Å²) in [6.07, 6.45) is -1.81. The zero-order valence-corrected chi connectivity index (χ0v) is 16.5. The normalized spacial score (nSPS) is 15.4. The Kier molecular flexibility index (Phi) is 6.80. The van der Waals surface area contributed by atoms with Gasteiger partial charge >= 0.3 is 6.09 Å². The van der Waals surface area contributed by atoms with Gasteiger partial charge in [-0.1, -0.05) is 11.2 Å². The maximum absolute atomic E-state index is 14.1. The number of amides is 2. The Morgan fingerprint density at radius 1 is 1.28 bits per heavy atom. The summed E-state index contributed by atoms with van der Waals surface area (Å²) in [7, 11) is 0. The molecule has 11 heteroatoms. The van der Waals surface area contributed by atoms with Crippen LogP contribution in [0.5, 0.6) is 0 Å². The minimum atomic E-state index is -2.93. The lowest BCUT2D eigenvalue weighted by Gasteiger charge is -2.33. The van der Waals surface area contributed by atoms with E-state index in [0.717, 1.165) is 4.88 Å². The van der Waals surface area contributed by atoms with Crippen molar-refractivity contribution < 1.29 is 28.0 Å². The van der Waals surface area contributed by atoms with Crippen LogP contribution in [0.2, 0.25) is 0 Å². The van der Waals surface area contributed by atoms with Crippen molar-refractivity contribution in [2.75, 3.05) is 39.3 Å². The lowest BCUT2D eigenvalue weighted by molar-refractivity contribution is -0.0259. The quantitative estimate of drug-likeness (QED) is 0.671. The van der Waals surface area contributed by atoms with E-state index in [9.17, 15) is 18.4 Å². The summed E-state index contributed by atoms with van der Waals surface area (Å²) >= 11 is 1.44. The summed E-state index contributed by atoms with van der Waals surface area (Å²) < 4.78 is 33.3. The fraction of sp³-hybridized carbons (Fsp3) is 0.500. The number of alkyl halides is 2. The Labute approximate surface area is 170 Å². The zero-order valence-electron chi connectivity index (χ0n) is 15.6. The number of rotatable bonds is 8. The van der Waals surface area contributed by atoms with Crippen LogP contribution in [0, 0.1) is 0 Å². The van der Waals surface area contributed by atoms with Gasteiger partial charge in [0.2, 0.25) is 0 Å². The second-order valence-electron chi connectivity index (χ2n) is 6.78. The first-order valence-corrected chi connectivity index (χ1v) is 10.1. The van der Waals surface area contributed by atoms with E-state index in [0.29, 0.717) is 31.9 Å². The molecule has 2 N–H and O–H groups in total. The minimum absolute atomic E-state index is 0.0491. The van der Waals surface area contributed by atoms with Crippen molar-refractivity contribution in [3.63, 3.8) is 0 Å². The van der Waals surface area contributed by atoms with Gasteiger partial charge < -0.3 is 19.8 Å². The first kappa shape index (κ1) is 21.2. The Morgan fingerprint density at radius 2 is 2.03 bits per heavy atom. The number of aromatic nitrogens is 1. The molecule has 0 unspecified atom stereocenters. The molecule has 3 heterocycles. The highest BCUT2D eigenvalue weighted by atomic mass is 32.1. The first-order valence-electron chi connectivity index (χ1n) is 9.21. The third-order valence-corrected chi connectivity index (χ3v) is 5.60. The van der Waals surface area contributed by atoms with E-state index in [1.807, 2.05) is 22.4 Å². The van der Waals surface area contributed by atoms with Gasteiger partial charge in [-0.05, 0) is 11.4 Å². The van der Waals surface area contributed by atoms with Gasteiger partial charge in [-0.3, -0.25) is 9.69 Å². The molecule has 1 aliphatic rings. The summed E-state index contributed by atoms with van der Waals surface area (Å²) in [6.45, 7) is 1.53. The molecule has 8 nitrogen and oxygen atoms in total. The molecule has 1 saturated heterocycles. The molecule has 2 aromatic rings. The molecule has 2 aromatic heterocycles. The Balaban J connectivity index is 1.38. The van der Waals surface area contributed by atoms with Crippen LogP contribution in [0.3, 0.4) is 0 Å². The highest BCUT2D eigenvalue weighted by Crippen LogP contribution is 2.25. The number of thiophene rings is 1. The topological polar surface area (TPSA) is 98.9 Å². The largest absolute Gasteiger partial charge is 0.465 e. The molecule has 3 rings (SSSR count). The fourth-order valence-electron chi connectivity index (χ4n) is 2.98. The maximum atomic E-state index is 14.1. The fourth-order valence-corrected chi connectivity index (χ4v) is 3.65. The molecule has 0 radical (unpaired) electrons. The van der Waals surface area contributed by atoms with Crippen molar-refractivity contribution in [2.45, 2.75) is 18.8 Å². The van der Waals surface area contributed by atoms with E-state index in [1.54, 1.807) is 0 Å². The molecule has 0 spiro atoms. The molecule has 1 fully saturated rings. The van der Waals surface area contributed by atoms with Crippen molar-refractivity contribution in [2.24, 2.45) is 0 Å². The van der Waals surface area contributed by atoms with Gasteiger partial charge in [0.1, 0.15) is 0 Å².